The molecule has 0 saturated carbocycles. The zero-order valence-corrected chi connectivity index (χ0v) is 14.7. The normalized spacial score (nSPS) is 15.0. The van der Waals surface area contributed by atoms with Crippen molar-refractivity contribution in [3.63, 3.8) is 0 Å². The van der Waals surface area contributed by atoms with Crippen LogP contribution in [0, 0.1) is 13.8 Å². The summed E-state index contributed by atoms with van der Waals surface area (Å²) in [5.41, 5.74) is 2.25. The summed E-state index contributed by atoms with van der Waals surface area (Å²) in [4.78, 5) is 11.5. The van der Waals surface area contributed by atoms with Crippen LogP contribution in [0.5, 0.6) is 0 Å². The summed E-state index contributed by atoms with van der Waals surface area (Å²) in [7, 11) is 0. The molecule has 1 N–H and O–H groups in total. The van der Waals surface area contributed by atoms with Crippen LogP contribution in [0.3, 0.4) is 0 Å². The molecule has 1 aliphatic rings. The van der Waals surface area contributed by atoms with Crippen molar-refractivity contribution in [1.29, 1.82) is 0 Å². The van der Waals surface area contributed by atoms with E-state index in [-0.39, 0.29) is 0 Å². The lowest BCUT2D eigenvalue weighted by atomic mass is 10.1. The van der Waals surface area contributed by atoms with Gasteiger partial charge in [0.1, 0.15) is 17.5 Å². The molecular weight excluding hydrogens is 340 g/mol. The Balaban J connectivity index is 1.85. The van der Waals surface area contributed by atoms with E-state index in [1.807, 2.05) is 13.0 Å². The molecule has 5 heteroatoms. The molecule has 1 aliphatic heterocycles. The second-order valence-corrected chi connectivity index (χ2v) is 6.67. The van der Waals surface area contributed by atoms with Gasteiger partial charge in [0.25, 0.3) is 0 Å². The van der Waals surface area contributed by atoms with E-state index in [0.717, 1.165) is 40.7 Å². The molecule has 0 radical (unpaired) electrons. The lowest BCUT2D eigenvalue weighted by molar-refractivity contribution is 0.572. The van der Waals surface area contributed by atoms with Crippen LogP contribution in [-0.4, -0.2) is 23.1 Å². The Bertz CT molecular complexity index is 666. The van der Waals surface area contributed by atoms with Gasteiger partial charge in [0.2, 0.25) is 0 Å². The minimum atomic E-state index is 0.800. The van der Waals surface area contributed by atoms with Crippen LogP contribution >= 0.6 is 15.9 Å². The number of piperidine rings is 1. The summed E-state index contributed by atoms with van der Waals surface area (Å²) in [5, 5.41) is 3.40. The predicted molar refractivity (Wildman–Crippen MR) is 95.0 cm³/mol. The Labute approximate surface area is 140 Å². The van der Waals surface area contributed by atoms with E-state index in [1.54, 1.807) is 0 Å². The smallest absolute Gasteiger partial charge is 0.136 e. The third-order valence-electron chi connectivity index (χ3n) is 3.89. The molecule has 116 valence electrons. The van der Waals surface area contributed by atoms with Gasteiger partial charge in [-0.2, -0.15) is 0 Å². The molecule has 0 amide bonds. The number of rotatable bonds is 3. The topological polar surface area (TPSA) is 41.0 Å². The van der Waals surface area contributed by atoms with Gasteiger partial charge in [0.05, 0.1) is 5.69 Å². The van der Waals surface area contributed by atoms with Crippen LogP contribution in [0.2, 0.25) is 0 Å². The predicted octanol–water partition coefficient (Wildman–Crippen LogP) is 4.59. The summed E-state index contributed by atoms with van der Waals surface area (Å²) in [6.07, 6.45) is 3.81. The molecule has 22 heavy (non-hydrogen) atoms. The molecule has 1 aromatic carbocycles. The van der Waals surface area contributed by atoms with Gasteiger partial charge in [0.15, 0.2) is 0 Å². The van der Waals surface area contributed by atoms with Crippen LogP contribution in [0.15, 0.2) is 28.7 Å². The Morgan fingerprint density at radius 3 is 2.55 bits per heavy atom. The average molecular weight is 361 g/mol. The average Bonchev–Trinajstić information content (AvgIpc) is 2.50. The number of anilines is 3. The highest BCUT2D eigenvalue weighted by Crippen LogP contribution is 2.28. The lowest BCUT2D eigenvalue weighted by Crippen LogP contribution is -2.30. The molecule has 3 rings (SSSR count). The van der Waals surface area contributed by atoms with Crippen molar-refractivity contribution in [2.24, 2.45) is 0 Å². The zero-order chi connectivity index (χ0) is 15.5. The Hall–Kier alpha value is -1.62. The first kappa shape index (κ1) is 15.3. The number of aromatic nitrogens is 2. The lowest BCUT2D eigenvalue weighted by Gasteiger charge is -2.28. The van der Waals surface area contributed by atoms with Gasteiger partial charge in [0, 0.05) is 23.6 Å². The maximum atomic E-state index is 4.60. The van der Waals surface area contributed by atoms with Gasteiger partial charge in [-0.15, -0.1) is 0 Å². The number of hydrogen-bond acceptors (Lipinski definition) is 4. The SMILES string of the molecule is Cc1ccc(Nc2cc(N3CCCCC3)nc(C)n2)c(Br)c1. The summed E-state index contributed by atoms with van der Waals surface area (Å²) in [6.45, 7) is 6.20. The van der Waals surface area contributed by atoms with Gasteiger partial charge >= 0.3 is 0 Å². The molecular formula is C17H21BrN4. The molecule has 0 unspecified atom stereocenters. The van der Waals surface area contributed by atoms with E-state index in [0.29, 0.717) is 0 Å². The number of hydrogen-bond donors (Lipinski definition) is 1. The minimum Gasteiger partial charge on any atom is -0.356 e. The fourth-order valence-corrected chi connectivity index (χ4v) is 3.35. The summed E-state index contributed by atoms with van der Waals surface area (Å²) in [6, 6.07) is 8.30. The van der Waals surface area contributed by atoms with E-state index < -0.39 is 0 Å². The van der Waals surface area contributed by atoms with E-state index in [1.165, 1.54) is 24.8 Å². The van der Waals surface area contributed by atoms with Crippen LogP contribution in [0.1, 0.15) is 30.7 Å². The Morgan fingerprint density at radius 1 is 1.05 bits per heavy atom. The number of benzene rings is 1. The second-order valence-electron chi connectivity index (χ2n) is 5.81. The first-order chi connectivity index (χ1) is 10.6. The third-order valence-corrected chi connectivity index (χ3v) is 4.55. The number of nitrogens with zero attached hydrogens (tertiary/aromatic N) is 3. The van der Waals surface area contributed by atoms with Crippen LogP contribution in [0.4, 0.5) is 17.3 Å². The molecule has 0 atom stereocenters. The number of aryl methyl sites for hydroxylation is 2. The Morgan fingerprint density at radius 2 is 1.82 bits per heavy atom. The van der Waals surface area contributed by atoms with Gasteiger partial charge in [-0.05, 0) is 66.7 Å². The maximum absolute atomic E-state index is 4.60. The van der Waals surface area contributed by atoms with E-state index >= 15 is 0 Å². The molecule has 0 spiro atoms. The van der Waals surface area contributed by atoms with E-state index in [9.17, 15) is 0 Å². The van der Waals surface area contributed by atoms with E-state index in [4.69, 9.17) is 0 Å². The van der Waals surface area contributed by atoms with Crippen molar-refractivity contribution in [2.45, 2.75) is 33.1 Å². The van der Waals surface area contributed by atoms with Gasteiger partial charge in [-0.25, -0.2) is 9.97 Å². The summed E-state index contributed by atoms with van der Waals surface area (Å²) < 4.78 is 1.04. The largest absolute Gasteiger partial charge is 0.356 e. The molecule has 1 aromatic heterocycles. The van der Waals surface area contributed by atoms with Gasteiger partial charge in [-0.3, -0.25) is 0 Å². The van der Waals surface area contributed by atoms with Gasteiger partial charge in [-0.1, -0.05) is 6.07 Å². The highest BCUT2D eigenvalue weighted by Gasteiger charge is 2.14. The van der Waals surface area contributed by atoms with Crippen molar-refractivity contribution >= 4 is 33.3 Å². The molecule has 2 heterocycles. The monoisotopic (exact) mass is 360 g/mol. The quantitative estimate of drug-likeness (QED) is 0.868. The standard InChI is InChI=1S/C17H21BrN4/c1-12-6-7-15(14(18)10-12)21-16-11-17(20-13(2)19-16)22-8-4-3-5-9-22/h6-7,10-11H,3-5,8-9H2,1-2H3,(H,19,20,21). The maximum Gasteiger partial charge on any atom is 0.136 e. The first-order valence-corrected chi connectivity index (χ1v) is 8.55. The second kappa shape index (κ2) is 6.65. The van der Waals surface area contributed by atoms with Crippen molar-refractivity contribution in [3.8, 4) is 0 Å². The minimum absolute atomic E-state index is 0.800. The third kappa shape index (κ3) is 3.58. The highest BCUT2D eigenvalue weighted by atomic mass is 79.9. The summed E-state index contributed by atoms with van der Waals surface area (Å²) >= 11 is 3.60. The molecule has 4 nitrogen and oxygen atoms in total. The summed E-state index contributed by atoms with van der Waals surface area (Å²) in [5.74, 6) is 2.67. The van der Waals surface area contributed by atoms with Crippen LogP contribution in [0.25, 0.3) is 0 Å². The van der Waals surface area contributed by atoms with Crippen molar-refractivity contribution in [2.75, 3.05) is 23.3 Å². The van der Waals surface area contributed by atoms with Crippen molar-refractivity contribution in [1.82, 2.24) is 9.97 Å². The van der Waals surface area contributed by atoms with Gasteiger partial charge < -0.3 is 10.2 Å². The van der Waals surface area contributed by atoms with Crippen LogP contribution in [-0.2, 0) is 0 Å². The molecule has 0 bridgehead atoms. The number of nitrogens with one attached hydrogen (secondary N) is 1. The number of halogens is 1. The first-order valence-electron chi connectivity index (χ1n) is 7.75. The van der Waals surface area contributed by atoms with Crippen LogP contribution < -0.4 is 10.2 Å². The molecule has 1 fully saturated rings. The molecule has 0 aliphatic carbocycles. The Kier molecular flexibility index (Phi) is 4.62. The molecule has 1 saturated heterocycles. The highest BCUT2D eigenvalue weighted by molar-refractivity contribution is 9.10. The van der Waals surface area contributed by atoms with Crippen molar-refractivity contribution < 1.29 is 0 Å². The van der Waals surface area contributed by atoms with Crippen molar-refractivity contribution in [3.05, 3.63) is 40.1 Å². The fraction of sp³-hybridized carbons (Fsp3) is 0.412. The van der Waals surface area contributed by atoms with E-state index in [2.05, 4.69) is 61.2 Å². The zero-order valence-electron chi connectivity index (χ0n) is 13.1. The fourth-order valence-electron chi connectivity index (χ4n) is 2.76. The molecule has 2 aromatic rings.